The van der Waals surface area contributed by atoms with Crippen LogP contribution in [-0.4, -0.2) is 12.5 Å². The molecule has 0 aliphatic heterocycles. The van der Waals surface area contributed by atoms with Crippen molar-refractivity contribution in [2.75, 3.05) is 11.9 Å². The van der Waals surface area contributed by atoms with Crippen molar-refractivity contribution in [1.82, 2.24) is 0 Å². The van der Waals surface area contributed by atoms with Crippen molar-refractivity contribution in [3.8, 4) is 5.75 Å². The van der Waals surface area contributed by atoms with Gasteiger partial charge in [-0.05, 0) is 44.4 Å². The SMILES string of the molecule is CCOc1ccc(NC(=O)C2(c3ccc(C)cc3)CCCC2)c2ccccc12. The normalized spacial score (nSPS) is 15.5. The van der Waals surface area contributed by atoms with Gasteiger partial charge in [0, 0.05) is 16.5 Å². The van der Waals surface area contributed by atoms with Crippen LogP contribution in [0.3, 0.4) is 0 Å². The van der Waals surface area contributed by atoms with Gasteiger partial charge < -0.3 is 10.1 Å². The molecule has 0 heterocycles. The Hall–Kier alpha value is -2.81. The van der Waals surface area contributed by atoms with E-state index >= 15 is 0 Å². The molecule has 144 valence electrons. The molecule has 4 rings (SSSR count). The van der Waals surface area contributed by atoms with E-state index in [1.165, 1.54) is 5.56 Å². The van der Waals surface area contributed by atoms with Gasteiger partial charge in [-0.2, -0.15) is 0 Å². The topological polar surface area (TPSA) is 38.3 Å². The number of hydrogen-bond donors (Lipinski definition) is 1. The van der Waals surface area contributed by atoms with E-state index < -0.39 is 5.41 Å². The molecule has 1 N–H and O–H groups in total. The highest BCUT2D eigenvalue weighted by Gasteiger charge is 2.42. The molecule has 0 bridgehead atoms. The highest BCUT2D eigenvalue weighted by atomic mass is 16.5. The van der Waals surface area contributed by atoms with Crippen LogP contribution in [0.25, 0.3) is 10.8 Å². The maximum Gasteiger partial charge on any atom is 0.235 e. The summed E-state index contributed by atoms with van der Waals surface area (Å²) in [5.41, 5.74) is 2.76. The third-order valence-electron chi connectivity index (χ3n) is 5.93. The monoisotopic (exact) mass is 373 g/mol. The second-order valence-corrected chi connectivity index (χ2v) is 7.70. The Morgan fingerprint density at radius 1 is 0.964 bits per heavy atom. The molecular formula is C25H27NO2. The molecule has 3 nitrogen and oxygen atoms in total. The van der Waals surface area contributed by atoms with E-state index in [1.807, 2.05) is 43.3 Å². The van der Waals surface area contributed by atoms with Crippen molar-refractivity contribution < 1.29 is 9.53 Å². The summed E-state index contributed by atoms with van der Waals surface area (Å²) in [5.74, 6) is 0.952. The average Bonchev–Trinajstić information content (AvgIpc) is 3.22. The molecular weight excluding hydrogens is 346 g/mol. The van der Waals surface area contributed by atoms with Gasteiger partial charge in [0.1, 0.15) is 5.75 Å². The van der Waals surface area contributed by atoms with Crippen LogP contribution in [0.2, 0.25) is 0 Å². The zero-order valence-electron chi connectivity index (χ0n) is 16.6. The minimum atomic E-state index is -0.437. The first-order valence-corrected chi connectivity index (χ1v) is 10.2. The molecule has 1 fully saturated rings. The van der Waals surface area contributed by atoms with Crippen LogP contribution >= 0.6 is 0 Å². The zero-order valence-corrected chi connectivity index (χ0v) is 16.6. The maximum atomic E-state index is 13.5. The quantitative estimate of drug-likeness (QED) is 0.596. The second kappa shape index (κ2) is 7.67. The van der Waals surface area contributed by atoms with Gasteiger partial charge in [-0.25, -0.2) is 0 Å². The molecule has 1 aliphatic rings. The number of benzene rings is 3. The molecule has 3 aromatic rings. The van der Waals surface area contributed by atoms with Gasteiger partial charge in [0.25, 0.3) is 0 Å². The number of hydrogen-bond acceptors (Lipinski definition) is 2. The summed E-state index contributed by atoms with van der Waals surface area (Å²) in [5, 5.41) is 5.29. The number of anilines is 1. The third-order valence-corrected chi connectivity index (χ3v) is 5.93. The molecule has 0 spiro atoms. The van der Waals surface area contributed by atoms with Crippen LogP contribution in [0.5, 0.6) is 5.75 Å². The van der Waals surface area contributed by atoms with Gasteiger partial charge >= 0.3 is 0 Å². The zero-order chi connectivity index (χ0) is 19.6. The molecule has 0 unspecified atom stereocenters. The fraction of sp³-hybridized carbons (Fsp3) is 0.320. The first-order valence-electron chi connectivity index (χ1n) is 10.2. The number of nitrogens with one attached hydrogen (secondary N) is 1. The molecule has 3 aromatic carbocycles. The lowest BCUT2D eigenvalue weighted by Gasteiger charge is -2.29. The summed E-state index contributed by atoms with van der Waals surface area (Å²) >= 11 is 0. The van der Waals surface area contributed by atoms with Crippen molar-refractivity contribution in [2.45, 2.75) is 44.9 Å². The standard InChI is InChI=1S/C25H27NO2/c1-3-28-23-15-14-22(20-8-4-5-9-21(20)23)26-24(27)25(16-6-7-17-25)19-12-10-18(2)11-13-19/h4-5,8-15H,3,6-7,16-17H2,1-2H3,(H,26,27). The fourth-order valence-corrected chi connectivity index (χ4v) is 4.40. The van der Waals surface area contributed by atoms with Crippen LogP contribution in [-0.2, 0) is 10.2 Å². The summed E-state index contributed by atoms with van der Waals surface area (Å²) in [4.78, 5) is 13.5. The predicted molar refractivity (Wildman–Crippen MR) is 115 cm³/mol. The van der Waals surface area contributed by atoms with Crippen molar-refractivity contribution in [2.24, 2.45) is 0 Å². The van der Waals surface area contributed by atoms with E-state index in [4.69, 9.17) is 4.74 Å². The molecule has 0 radical (unpaired) electrons. The molecule has 28 heavy (non-hydrogen) atoms. The maximum absolute atomic E-state index is 13.5. The predicted octanol–water partition coefficient (Wildman–Crippen LogP) is 6.00. The number of carbonyl (C=O) groups excluding carboxylic acids is 1. The Bertz CT molecular complexity index is 985. The Morgan fingerprint density at radius 3 is 2.32 bits per heavy atom. The summed E-state index contributed by atoms with van der Waals surface area (Å²) in [7, 11) is 0. The van der Waals surface area contributed by atoms with Crippen molar-refractivity contribution >= 4 is 22.4 Å². The van der Waals surface area contributed by atoms with E-state index in [0.29, 0.717) is 6.61 Å². The Kier molecular flexibility index (Phi) is 5.08. The van der Waals surface area contributed by atoms with Crippen LogP contribution in [0.1, 0.15) is 43.7 Å². The van der Waals surface area contributed by atoms with Gasteiger partial charge in [0.05, 0.1) is 12.0 Å². The van der Waals surface area contributed by atoms with Crippen LogP contribution in [0.15, 0.2) is 60.7 Å². The van der Waals surface area contributed by atoms with Crippen molar-refractivity contribution in [3.05, 3.63) is 71.8 Å². The molecule has 0 aromatic heterocycles. The summed E-state index contributed by atoms with van der Waals surface area (Å²) in [6.07, 6.45) is 3.98. The molecule has 0 saturated heterocycles. The molecule has 3 heteroatoms. The Labute approximate surface area is 166 Å². The number of ether oxygens (including phenoxy) is 1. The summed E-state index contributed by atoms with van der Waals surface area (Å²) in [6.45, 7) is 4.68. The van der Waals surface area contributed by atoms with Gasteiger partial charge in [0.2, 0.25) is 5.91 Å². The Morgan fingerprint density at radius 2 is 1.64 bits per heavy atom. The van der Waals surface area contributed by atoms with Gasteiger partial charge in [-0.1, -0.05) is 66.9 Å². The van der Waals surface area contributed by atoms with Gasteiger partial charge in [0.15, 0.2) is 0 Å². The lowest BCUT2D eigenvalue weighted by atomic mass is 9.77. The first-order chi connectivity index (χ1) is 13.6. The van der Waals surface area contributed by atoms with E-state index in [-0.39, 0.29) is 5.91 Å². The molecule has 1 amide bonds. The largest absolute Gasteiger partial charge is 0.493 e. The van der Waals surface area contributed by atoms with Crippen molar-refractivity contribution in [1.29, 1.82) is 0 Å². The van der Waals surface area contributed by atoms with Crippen LogP contribution < -0.4 is 10.1 Å². The van der Waals surface area contributed by atoms with Crippen LogP contribution in [0.4, 0.5) is 5.69 Å². The molecule has 1 aliphatic carbocycles. The van der Waals surface area contributed by atoms with Crippen LogP contribution in [0, 0.1) is 6.92 Å². The van der Waals surface area contributed by atoms with E-state index in [0.717, 1.165) is 53.5 Å². The average molecular weight is 373 g/mol. The lowest BCUT2D eigenvalue weighted by Crippen LogP contribution is -2.38. The van der Waals surface area contributed by atoms with Crippen molar-refractivity contribution in [3.63, 3.8) is 0 Å². The van der Waals surface area contributed by atoms with E-state index in [2.05, 4.69) is 36.5 Å². The number of aryl methyl sites for hydroxylation is 1. The number of rotatable bonds is 5. The lowest BCUT2D eigenvalue weighted by molar-refractivity contribution is -0.121. The highest BCUT2D eigenvalue weighted by Crippen LogP contribution is 2.43. The minimum Gasteiger partial charge on any atom is -0.493 e. The minimum absolute atomic E-state index is 0.100. The Balaban J connectivity index is 1.71. The third kappa shape index (κ3) is 3.26. The second-order valence-electron chi connectivity index (χ2n) is 7.70. The number of amides is 1. The van der Waals surface area contributed by atoms with E-state index in [1.54, 1.807) is 0 Å². The van der Waals surface area contributed by atoms with Gasteiger partial charge in [-0.15, -0.1) is 0 Å². The van der Waals surface area contributed by atoms with E-state index in [9.17, 15) is 4.79 Å². The smallest absolute Gasteiger partial charge is 0.235 e. The molecule has 1 saturated carbocycles. The fourth-order valence-electron chi connectivity index (χ4n) is 4.40. The highest BCUT2D eigenvalue weighted by molar-refractivity contribution is 6.07. The number of carbonyl (C=O) groups is 1. The van der Waals surface area contributed by atoms with Gasteiger partial charge in [-0.3, -0.25) is 4.79 Å². The summed E-state index contributed by atoms with van der Waals surface area (Å²) < 4.78 is 5.77. The summed E-state index contributed by atoms with van der Waals surface area (Å²) in [6, 6.07) is 20.5. The number of fused-ring (bicyclic) bond motifs is 1. The first kappa shape index (κ1) is 18.5. The molecule has 0 atom stereocenters.